The molecule has 0 amide bonds. The van der Waals surface area contributed by atoms with Gasteiger partial charge in [-0.25, -0.2) is 0 Å². The van der Waals surface area contributed by atoms with Gasteiger partial charge in [-0.3, -0.25) is 9.78 Å². The maximum atomic E-state index is 12.3. The lowest BCUT2D eigenvalue weighted by molar-refractivity contribution is 0.0607. The molecule has 1 atom stereocenters. The quantitative estimate of drug-likeness (QED) is 0.809. The molecule has 1 aliphatic rings. The number of hydrogen-bond donors (Lipinski definition) is 1. The van der Waals surface area contributed by atoms with E-state index in [0.29, 0.717) is 18.8 Å². The van der Waals surface area contributed by atoms with E-state index in [1.54, 1.807) is 6.20 Å². The first-order chi connectivity index (χ1) is 8.84. The Morgan fingerprint density at radius 1 is 1.39 bits per heavy atom. The zero-order chi connectivity index (χ0) is 12.4. The third kappa shape index (κ3) is 2.12. The summed E-state index contributed by atoms with van der Waals surface area (Å²) in [5.41, 5.74) is 1.53. The fraction of sp³-hybridized carbons (Fsp3) is 0.286. The Morgan fingerprint density at radius 2 is 2.33 bits per heavy atom. The van der Waals surface area contributed by atoms with Crippen LogP contribution < -0.4 is 5.32 Å². The van der Waals surface area contributed by atoms with Gasteiger partial charge >= 0.3 is 0 Å². The average Bonchev–Trinajstić information content (AvgIpc) is 2.47. The molecule has 3 rings (SSSR count). The van der Waals surface area contributed by atoms with Gasteiger partial charge in [0, 0.05) is 23.7 Å². The van der Waals surface area contributed by atoms with E-state index >= 15 is 0 Å². The van der Waals surface area contributed by atoms with E-state index in [0.717, 1.165) is 17.4 Å². The van der Waals surface area contributed by atoms with Crippen molar-refractivity contribution in [2.75, 3.05) is 19.8 Å². The summed E-state index contributed by atoms with van der Waals surface area (Å²) >= 11 is 0. The molecule has 4 heteroatoms. The topological polar surface area (TPSA) is 51.2 Å². The molecule has 1 fully saturated rings. The SMILES string of the molecule is O=C(c1ccc2cccnc2c1)C1COCCN1. The highest BCUT2D eigenvalue weighted by Crippen LogP contribution is 2.15. The number of aromatic nitrogens is 1. The summed E-state index contributed by atoms with van der Waals surface area (Å²) in [6.07, 6.45) is 1.73. The number of rotatable bonds is 2. The molecule has 1 aliphatic heterocycles. The molecule has 18 heavy (non-hydrogen) atoms. The van der Waals surface area contributed by atoms with Gasteiger partial charge < -0.3 is 10.1 Å². The summed E-state index contributed by atoms with van der Waals surface area (Å²) in [5, 5.41) is 4.21. The zero-order valence-corrected chi connectivity index (χ0v) is 9.93. The number of pyridine rings is 1. The van der Waals surface area contributed by atoms with Crippen molar-refractivity contribution in [2.45, 2.75) is 6.04 Å². The van der Waals surface area contributed by atoms with Crippen LogP contribution in [-0.4, -0.2) is 36.6 Å². The van der Waals surface area contributed by atoms with E-state index < -0.39 is 0 Å². The number of ether oxygens (including phenoxy) is 1. The second kappa shape index (κ2) is 4.84. The molecule has 92 valence electrons. The van der Waals surface area contributed by atoms with Crippen molar-refractivity contribution >= 4 is 16.7 Å². The summed E-state index contributed by atoms with van der Waals surface area (Å²) in [7, 11) is 0. The summed E-state index contributed by atoms with van der Waals surface area (Å²) in [6.45, 7) is 1.84. The first kappa shape index (κ1) is 11.3. The fourth-order valence-electron chi connectivity index (χ4n) is 2.15. The molecule has 1 unspecified atom stereocenters. The molecule has 0 aliphatic carbocycles. The number of Topliss-reactive ketones (excluding diaryl/α,β-unsaturated/α-hetero) is 1. The van der Waals surface area contributed by atoms with Crippen LogP contribution in [-0.2, 0) is 4.74 Å². The number of nitrogens with zero attached hydrogens (tertiary/aromatic N) is 1. The van der Waals surface area contributed by atoms with Gasteiger partial charge in [0.05, 0.1) is 24.8 Å². The van der Waals surface area contributed by atoms with Crippen molar-refractivity contribution in [1.29, 1.82) is 0 Å². The van der Waals surface area contributed by atoms with E-state index in [4.69, 9.17) is 4.74 Å². The number of morpholine rings is 1. The Bertz CT molecular complexity index is 577. The van der Waals surface area contributed by atoms with Crippen LogP contribution in [0.3, 0.4) is 0 Å². The highest BCUT2D eigenvalue weighted by molar-refractivity contribution is 6.02. The first-order valence-corrected chi connectivity index (χ1v) is 6.05. The van der Waals surface area contributed by atoms with Gasteiger partial charge in [-0.05, 0) is 12.1 Å². The van der Waals surface area contributed by atoms with E-state index in [9.17, 15) is 4.79 Å². The maximum Gasteiger partial charge on any atom is 0.182 e. The Kier molecular flexibility index (Phi) is 3.04. The van der Waals surface area contributed by atoms with Gasteiger partial charge in [-0.1, -0.05) is 18.2 Å². The second-order valence-electron chi connectivity index (χ2n) is 4.36. The Balaban J connectivity index is 1.91. The molecule has 2 aromatic rings. The molecule has 1 aromatic carbocycles. The van der Waals surface area contributed by atoms with E-state index in [1.165, 1.54) is 0 Å². The Morgan fingerprint density at radius 3 is 3.17 bits per heavy atom. The van der Waals surface area contributed by atoms with Crippen molar-refractivity contribution < 1.29 is 9.53 Å². The molecule has 1 aromatic heterocycles. The minimum atomic E-state index is -0.236. The predicted octanol–water partition coefficient (Wildman–Crippen LogP) is 1.41. The number of carbonyl (C=O) groups is 1. The molecular formula is C14H14N2O2. The van der Waals surface area contributed by atoms with Crippen molar-refractivity contribution in [3.05, 3.63) is 42.1 Å². The number of carbonyl (C=O) groups excluding carboxylic acids is 1. The van der Waals surface area contributed by atoms with Crippen molar-refractivity contribution in [2.24, 2.45) is 0 Å². The van der Waals surface area contributed by atoms with Gasteiger partial charge in [0.25, 0.3) is 0 Å². The van der Waals surface area contributed by atoms with Crippen LogP contribution in [0.2, 0.25) is 0 Å². The van der Waals surface area contributed by atoms with E-state index in [2.05, 4.69) is 10.3 Å². The van der Waals surface area contributed by atoms with Gasteiger partial charge in [-0.2, -0.15) is 0 Å². The lowest BCUT2D eigenvalue weighted by atomic mass is 10.0. The van der Waals surface area contributed by atoms with Crippen LogP contribution in [0, 0.1) is 0 Å². The standard InChI is InChI=1S/C14H14N2O2/c17-14(13-9-18-7-6-16-13)11-4-3-10-2-1-5-15-12(10)8-11/h1-5,8,13,16H,6-7,9H2. The summed E-state index contributed by atoms with van der Waals surface area (Å²) < 4.78 is 5.31. The van der Waals surface area contributed by atoms with Gasteiger partial charge in [0.2, 0.25) is 0 Å². The largest absolute Gasteiger partial charge is 0.378 e. The van der Waals surface area contributed by atoms with Gasteiger partial charge in [0.1, 0.15) is 0 Å². The molecule has 0 saturated carbocycles. The third-order valence-electron chi connectivity index (χ3n) is 3.13. The minimum Gasteiger partial charge on any atom is -0.378 e. The summed E-state index contributed by atoms with van der Waals surface area (Å²) in [5.74, 6) is 0.0715. The van der Waals surface area contributed by atoms with Gasteiger partial charge in [-0.15, -0.1) is 0 Å². The number of ketones is 1. The third-order valence-corrected chi connectivity index (χ3v) is 3.13. The van der Waals surface area contributed by atoms with Crippen molar-refractivity contribution in [3.63, 3.8) is 0 Å². The highest BCUT2D eigenvalue weighted by Gasteiger charge is 2.22. The Labute approximate surface area is 105 Å². The predicted molar refractivity (Wildman–Crippen MR) is 68.7 cm³/mol. The minimum absolute atomic E-state index is 0.0715. The van der Waals surface area contributed by atoms with Crippen LogP contribution in [0.15, 0.2) is 36.5 Å². The average molecular weight is 242 g/mol. The normalized spacial score (nSPS) is 19.9. The van der Waals surface area contributed by atoms with Crippen molar-refractivity contribution in [3.8, 4) is 0 Å². The van der Waals surface area contributed by atoms with E-state index in [1.807, 2.05) is 30.3 Å². The monoisotopic (exact) mass is 242 g/mol. The molecule has 0 spiro atoms. The lowest BCUT2D eigenvalue weighted by Gasteiger charge is -2.22. The Hall–Kier alpha value is -1.78. The van der Waals surface area contributed by atoms with E-state index in [-0.39, 0.29) is 11.8 Å². The van der Waals surface area contributed by atoms with Gasteiger partial charge in [0.15, 0.2) is 5.78 Å². The number of benzene rings is 1. The highest BCUT2D eigenvalue weighted by atomic mass is 16.5. The fourth-order valence-corrected chi connectivity index (χ4v) is 2.15. The zero-order valence-electron chi connectivity index (χ0n) is 9.93. The van der Waals surface area contributed by atoms with Crippen molar-refractivity contribution in [1.82, 2.24) is 10.3 Å². The number of hydrogen-bond acceptors (Lipinski definition) is 4. The van der Waals surface area contributed by atoms with Crippen LogP contribution in [0.1, 0.15) is 10.4 Å². The lowest BCUT2D eigenvalue weighted by Crippen LogP contribution is -2.46. The molecule has 4 nitrogen and oxygen atoms in total. The molecule has 1 N–H and O–H groups in total. The maximum absolute atomic E-state index is 12.3. The molecule has 2 heterocycles. The summed E-state index contributed by atoms with van der Waals surface area (Å²) in [6, 6.07) is 9.26. The molecule has 0 bridgehead atoms. The molecular weight excluding hydrogens is 228 g/mol. The van der Waals surface area contributed by atoms with Crippen LogP contribution in [0.4, 0.5) is 0 Å². The first-order valence-electron chi connectivity index (χ1n) is 6.05. The molecule has 1 saturated heterocycles. The second-order valence-corrected chi connectivity index (χ2v) is 4.36. The van der Waals surface area contributed by atoms with Crippen LogP contribution in [0.5, 0.6) is 0 Å². The van der Waals surface area contributed by atoms with Crippen LogP contribution >= 0.6 is 0 Å². The van der Waals surface area contributed by atoms with Crippen LogP contribution in [0.25, 0.3) is 10.9 Å². The smallest absolute Gasteiger partial charge is 0.182 e. The number of fused-ring (bicyclic) bond motifs is 1. The molecule has 0 radical (unpaired) electrons. The number of nitrogens with one attached hydrogen (secondary N) is 1. The summed E-state index contributed by atoms with van der Waals surface area (Å²) in [4.78, 5) is 16.5.